The van der Waals surface area contributed by atoms with Crippen molar-refractivity contribution in [2.75, 3.05) is 5.73 Å². The van der Waals surface area contributed by atoms with E-state index >= 15 is 0 Å². The summed E-state index contributed by atoms with van der Waals surface area (Å²) in [5.74, 6) is 0. The minimum absolute atomic E-state index is 0.658. The summed E-state index contributed by atoms with van der Waals surface area (Å²) in [4.78, 5) is 0. The molecule has 0 saturated heterocycles. The van der Waals surface area contributed by atoms with Gasteiger partial charge in [0.25, 0.3) is 0 Å². The van der Waals surface area contributed by atoms with Gasteiger partial charge in [-0.3, -0.25) is 0 Å². The van der Waals surface area contributed by atoms with Crippen LogP contribution in [-0.2, 0) is 5.66 Å². The van der Waals surface area contributed by atoms with Gasteiger partial charge in [-0.05, 0) is 42.5 Å². The molecule has 1 aliphatic heterocycles. The Bertz CT molecular complexity index is 709. The number of halogens is 1. The van der Waals surface area contributed by atoms with Gasteiger partial charge in [-0.1, -0.05) is 35.9 Å². The normalized spacial score (nSPS) is 20.4. The molecule has 1 unspecified atom stereocenters. The van der Waals surface area contributed by atoms with Crippen LogP contribution in [0.25, 0.3) is 6.08 Å². The average Bonchev–Trinajstić information content (AvgIpc) is 2.43. The smallest absolute Gasteiger partial charge is 0.139 e. The molecular weight excluding hydrogens is 270 g/mol. The van der Waals surface area contributed by atoms with E-state index in [1.807, 2.05) is 55.6 Å². The highest BCUT2D eigenvalue weighted by Gasteiger charge is 2.33. The monoisotopic (exact) mass is 285 g/mol. The first-order chi connectivity index (χ1) is 9.52. The number of anilines is 1. The van der Waals surface area contributed by atoms with Crippen molar-refractivity contribution >= 4 is 23.4 Å². The summed E-state index contributed by atoms with van der Waals surface area (Å²) >= 11 is 6.08. The Kier molecular flexibility index (Phi) is 2.96. The fraction of sp³-hybridized carbons (Fsp3) is 0.125. The number of nitrogens with one attached hydrogen (secondary N) is 1. The Morgan fingerprint density at radius 1 is 1.20 bits per heavy atom. The number of aryl methyl sites for hydroxylation is 1. The zero-order valence-electron chi connectivity index (χ0n) is 11.2. The number of benzene rings is 2. The third-order valence-electron chi connectivity index (χ3n) is 3.77. The molecule has 3 nitrogen and oxygen atoms in total. The van der Waals surface area contributed by atoms with Gasteiger partial charge in [0.1, 0.15) is 5.66 Å². The van der Waals surface area contributed by atoms with Crippen LogP contribution in [0, 0.1) is 6.92 Å². The van der Waals surface area contributed by atoms with E-state index in [1.54, 1.807) is 0 Å². The topological polar surface area (TPSA) is 64.1 Å². The molecule has 3 rings (SSSR count). The molecular formula is C16H16ClN3. The molecule has 1 atom stereocenters. The fourth-order valence-electron chi connectivity index (χ4n) is 2.58. The minimum atomic E-state index is -0.823. The zero-order valence-corrected chi connectivity index (χ0v) is 11.9. The minimum Gasteiger partial charge on any atom is -0.398 e. The van der Waals surface area contributed by atoms with E-state index in [-0.39, 0.29) is 0 Å². The molecule has 0 aromatic heterocycles. The molecule has 2 aromatic carbocycles. The molecule has 102 valence electrons. The molecule has 0 aliphatic carbocycles. The predicted molar refractivity (Wildman–Crippen MR) is 84.2 cm³/mol. The average molecular weight is 286 g/mol. The van der Waals surface area contributed by atoms with Gasteiger partial charge in [0, 0.05) is 21.8 Å². The second-order valence-corrected chi connectivity index (χ2v) is 5.49. The van der Waals surface area contributed by atoms with Crippen LogP contribution in [0.2, 0.25) is 5.02 Å². The molecule has 0 amide bonds. The van der Waals surface area contributed by atoms with Crippen molar-refractivity contribution in [3.63, 3.8) is 0 Å². The zero-order chi connectivity index (χ0) is 14.3. The first kappa shape index (κ1) is 13.0. The lowest BCUT2D eigenvalue weighted by molar-refractivity contribution is 0.474. The van der Waals surface area contributed by atoms with Crippen molar-refractivity contribution in [2.24, 2.45) is 5.73 Å². The van der Waals surface area contributed by atoms with Crippen LogP contribution in [0.3, 0.4) is 0 Å². The summed E-state index contributed by atoms with van der Waals surface area (Å²) in [6, 6.07) is 11.5. The van der Waals surface area contributed by atoms with Crippen molar-refractivity contribution in [2.45, 2.75) is 12.6 Å². The van der Waals surface area contributed by atoms with Crippen molar-refractivity contribution in [3.8, 4) is 0 Å². The lowest BCUT2D eigenvalue weighted by atomic mass is 9.85. The van der Waals surface area contributed by atoms with Gasteiger partial charge in [-0.25, -0.2) is 0 Å². The molecule has 4 heteroatoms. The first-order valence-electron chi connectivity index (χ1n) is 6.41. The summed E-state index contributed by atoms with van der Waals surface area (Å²) in [6.45, 7) is 1.99. The van der Waals surface area contributed by atoms with Crippen LogP contribution in [0.1, 0.15) is 22.3 Å². The van der Waals surface area contributed by atoms with E-state index in [0.29, 0.717) is 5.02 Å². The standard InChI is InChI=1S/C16H16ClN3/c1-10-5-6-14-13(15(10)18)7-8-20-16(14,19)11-3-2-4-12(17)9-11/h2-9,20H,18-19H2,1H3. The van der Waals surface area contributed by atoms with E-state index < -0.39 is 5.66 Å². The van der Waals surface area contributed by atoms with E-state index in [2.05, 4.69) is 5.32 Å². The van der Waals surface area contributed by atoms with Crippen LogP contribution >= 0.6 is 11.6 Å². The Labute approximate surface area is 123 Å². The van der Waals surface area contributed by atoms with E-state index in [1.165, 1.54) is 0 Å². The van der Waals surface area contributed by atoms with Crippen LogP contribution in [-0.4, -0.2) is 0 Å². The second kappa shape index (κ2) is 4.54. The van der Waals surface area contributed by atoms with Crippen molar-refractivity contribution < 1.29 is 0 Å². The summed E-state index contributed by atoms with van der Waals surface area (Å²) in [6.07, 6.45) is 3.78. The molecule has 0 radical (unpaired) electrons. The number of rotatable bonds is 1. The first-order valence-corrected chi connectivity index (χ1v) is 6.79. The Balaban J connectivity index is 2.23. The lowest BCUT2D eigenvalue weighted by Gasteiger charge is -2.36. The number of hydrogen-bond acceptors (Lipinski definition) is 3. The molecule has 0 fully saturated rings. The number of hydrogen-bond donors (Lipinski definition) is 3. The quantitative estimate of drug-likeness (QED) is 0.706. The molecule has 5 N–H and O–H groups in total. The predicted octanol–water partition coefficient (Wildman–Crippen LogP) is 2.96. The van der Waals surface area contributed by atoms with Gasteiger partial charge < -0.3 is 16.8 Å². The second-order valence-electron chi connectivity index (χ2n) is 5.05. The van der Waals surface area contributed by atoms with Crippen LogP contribution in [0.5, 0.6) is 0 Å². The molecule has 0 saturated carbocycles. The summed E-state index contributed by atoms with van der Waals surface area (Å²) in [5, 5.41) is 3.88. The van der Waals surface area contributed by atoms with E-state index in [0.717, 1.165) is 27.9 Å². The molecule has 1 heterocycles. The van der Waals surface area contributed by atoms with Gasteiger partial charge in [0.2, 0.25) is 0 Å². The maximum Gasteiger partial charge on any atom is 0.139 e. The van der Waals surface area contributed by atoms with E-state index in [9.17, 15) is 0 Å². The Morgan fingerprint density at radius 2 is 2.00 bits per heavy atom. The Morgan fingerprint density at radius 3 is 2.75 bits per heavy atom. The number of nitrogens with two attached hydrogens (primary N) is 2. The van der Waals surface area contributed by atoms with Gasteiger partial charge in [0.15, 0.2) is 0 Å². The summed E-state index contributed by atoms with van der Waals surface area (Å²) < 4.78 is 0. The highest BCUT2D eigenvalue weighted by molar-refractivity contribution is 6.30. The molecule has 0 bridgehead atoms. The Hall–Kier alpha value is -1.97. The third kappa shape index (κ3) is 1.87. The maximum atomic E-state index is 6.60. The number of nitrogen functional groups attached to an aromatic ring is 1. The third-order valence-corrected chi connectivity index (χ3v) is 4.01. The fourth-order valence-corrected chi connectivity index (χ4v) is 2.77. The van der Waals surface area contributed by atoms with Gasteiger partial charge in [0.05, 0.1) is 0 Å². The van der Waals surface area contributed by atoms with Crippen LogP contribution in [0.4, 0.5) is 5.69 Å². The van der Waals surface area contributed by atoms with Crippen molar-refractivity contribution in [3.05, 3.63) is 69.9 Å². The van der Waals surface area contributed by atoms with E-state index in [4.69, 9.17) is 23.1 Å². The number of fused-ring (bicyclic) bond motifs is 1. The summed E-state index contributed by atoms with van der Waals surface area (Å²) in [5.41, 5.74) is 16.6. The van der Waals surface area contributed by atoms with Gasteiger partial charge in [-0.15, -0.1) is 0 Å². The van der Waals surface area contributed by atoms with Crippen molar-refractivity contribution in [1.29, 1.82) is 0 Å². The highest BCUT2D eigenvalue weighted by Crippen LogP contribution is 2.35. The van der Waals surface area contributed by atoms with Gasteiger partial charge >= 0.3 is 0 Å². The van der Waals surface area contributed by atoms with Crippen LogP contribution < -0.4 is 16.8 Å². The molecule has 0 spiro atoms. The molecule has 20 heavy (non-hydrogen) atoms. The summed E-state index contributed by atoms with van der Waals surface area (Å²) in [7, 11) is 0. The highest BCUT2D eigenvalue weighted by atomic mass is 35.5. The van der Waals surface area contributed by atoms with Crippen LogP contribution in [0.15, 0.2) is 42.6 Å². The molecule has 2 aromatic rings. The largest absolute Gasteiger partial charge is 0.398 e. The van der Waals surface area contributed by atoms with Gasteiger partial charge in [-0.2, -0.15) is 0 Å². The molecule has 1 aliphatic rings. The lowest BCUT2D eigenvalue weighted by Crippen LogP contribution is -2.50. The SMILES string of the molecule is Cc1ccc2c(c1N)C=CNC2(N)c1cccc(Cl)c1. The maximum absolute atomic E-state index is 6.60. The van der Waals surface area contributed by atoms with Crippen molar-refractivity contribution in [1.82, 2.24) is 5.32 Å².